The molecule has 0 bridgehead atoms. The minimum Gasteiger partial charge on any atom is -0.460 e. The maximum atomic E-state index is 11.7. The van der Waals surface area contributed by atoms with Crippen LogP contribution in [0.4, 0.5) is 0 Å². The monoisotopic (exact) mass is 430 g/mol. The van der Waals surface area contributed by atoms with Crippen molar-refractivity contribution in [3.05, 3.63) is 35.9 Å². The van der Waals surface area contributed by atoms with Gasteiger partial charge in [0.15, 0.2) is 0 Å². The van der Waals surface area contributed by atoms with E-state index in [9.17, 15) is 9.90 Å². The molecule has 0 unspecified atom stereocenters. The lowest BCUT2D eigenvalue weighted by Gasteiger charge is -2.11. The molecule has 1 aliphatic rings. The first-order valence-electron chi connectivity index (χ1n) is 13.1. The molecule has 0 aliphatic carbocycles. The summed E-state index contributed by atoms with van der Waals surface area (Å²) in [6.07, 6.45) is 21.0. The van der Waals surface area contributed by atoms with E-state index in [0.717, 1.165) is 19.3 Å². The molecule has 1 fully saturated rings. The quantitative estimate of drug-likeness (QED) is 0.195. The molecule has 2 rings (SSSR count). The van der Waals surface area contributed by atoms with E-state index in [1.54, 1.807) is 6.92 Å². The standard InChI is InChI=1S/C28H46O3/c1-24-27(29)26(28(30)31-24)23-19-14-12-10-8-6-4-2-3-5-7-9-11-13-16-20-25-21-17-15-18-22-25/h15,17-18,21-22,24,26-27,29H,2-14,16,19-20,23H2,1H3/t24-,26-,27+/m0/s1. The molecular formula is C28H46O3. The van der Waals surface area contributed by atoms with Crippen LogP contribution in [0.1, 0.15) is 115 Å². The lowest BCUT2D eigenvalue weighted by molar-refractivity contribution is -0.143. The Morgan fingerprint density at radius 3 is 1.61 bits per heavy atom. The maximum Gasteiger partial charge on any atom is 0.312 e. The van der Waals surface area contributed by atoms with Crippen molar-refractivity contribution in [1.82, 2.24) is 0 Å². The smallest absolute Gasteiger partial charge is 0.312 e. The van der Waals surface area contributed by atoms with Crippen LogP contribution in [-0.4, -0.2) is 23.3 Å². The van der Waals surface area contributed by atoms with Gasteiger partial charge in [-0.15, -0.1) is 0 Å². The van der Waals surface area contributed by atoms with Gasteiger partial charge in [0.05, 0.1) is 5.92 Å². The van der Waals surface area contributed by atoms with Crippen LogP contribution in [0.25, 0.3) is 0 Å². The van der Waals surface area contributed by atoms with Crippen LogP contribution >= 0.6 is 0 Å². The summed E-state index contributed by atoms with van der Waals surface area (Å²) in [5.41, 5.74) is 1.48. The molecule has 3 nitrogen and oxygen atoms in total. The number of cyclic esters (lactones) is 1. The van der Waals surface area contributed by atoms with Gasteiger partial charge in [-0.1, -0.05) is 120 Å². The molecule has 3 atom stereocenters. The molecule has 1 N–H and O–H groups in total. The van der Waals surface area contributed by atoms with E-state index in [1.165, 1.54) is 95.5 Å². The van der Waals surface area contributed by atoms with Gasteiger partial charge in [-0.2, -0.15) is 0 Å². The Labute approximate surface area is 191 Å². The Balaban J connectivity index is 1.26. The summed E-state index contributed by atoms with van der Waals surface area (Å²) in [6, 6.07) is 10.9. The predicted molar refractivity (Wildman–Crippen MR) is 129 cm³/mol. The number of hydrogen-bond acceptors (Lipinski definition) is 3. The lowest BCUT2D eigenvalue weighted by atomic mass is 9.95. The van der Waals surface area contributed by atoms with Gasteiger partial charge in [0.25, 0.3) is 0 Å². The highest BCUT2D eigenvalue weighted by Crippen LogP contribution is 2.26. The van der Waals surface area contributed by atoms with Crippen molar-refractivity contribution in [2.75, 3.05) is 0 Å². The van der Waals surface area contributed by atoms with E-state index < -0.39 is 6.10 Å². The normalized spacial score (nSPS) is 20.8. The van der Waals surface area contributed by atoms with Crippen LogP contribution in [0.15, 0.2) is 30.3 Å². The number of benzene rings is 1. The molecule has 3 heteroatoms. The zero-order valence-electron chi connectivity index (χ0n) is 19.9. The molecule has 1 aliphatic heterocycles. The van der Waals surface area contributed by atoms with Gasteiger partial charge in [0, 0.05) is 0 Å². The number of hydrogen-bond donors (Lipinski definition) is 1. The fraction of sp³-hybridized carbons (Fsp3) is 0.750. The Morgan fingerprint density at radius 2 is 1.16 bits per heavy atom. The molecule has 1 aromatic carbocycles. The van der Waals surface area contributed by atoms with Crippen molar-refractivity contribution in [3.8, 4) is 0 Å². The first-order chi connectivity index (χ1) is 15.2. The second-order valence-corrected chi connectivity index (χ2v) is 9.57. The van der Waals surface area contributed by atoms with Gasteiger partial charge >= 0.3 is 5.97 Å². The van der Waals surface area contributed by atoms with Gasteiger partial charge in [-0.05, 0) is 31.7 Å². The Kier molecular flexibility index (Phi) is 13.6. The molecule has 0 radical (unpaired) electrons. The van der Waals surface area contributed by atoms with Crippen molar-refractivity contribution < 1.29 is 14.6 Å². The summed E-state index contributed by atoms with van der Waals surface area (Å²) in [5.74, 6) is -0.493. The summed E-state index contributed by atoms with van der Waals surface area (Å²) in [5, 5.41) is 9.95. The van der Waals surface area contributed by atoms with Crippen LogP contribution in [0.3, 0.4) is 0 Å². The molecule has 176 valence electrons. The van der Waals surface area contributed by atoms with Gasteiger partial charge in [0.2, 0.25) is 0 Å². The van der Waals surface area contributed by atoms with Crippen molar-refractivity contribution in [2.45, 2.75) is 128 Å². The van der Waals surface area contributed by atoms with Gasteiger partial charge in [0.1, 0.15) is 12.2 Å². The number of unbranched alkanes of at least 4 members (excludes halogenated alkanes) is 14. The van der Waals surface area contributed by atoms with Crippen molar-refractivity contribution >= 4 is 5.97 Å². The van der Waals surface area contributed by atoms with Gasteiger partial charge in [-0.3, -0.25) is 4.79 Å². The van der Waals surface area contributed by atoms with Crippen LogP contribution in [0, 0.1) is 5.92 Å². The number of carbonyl (C=O) groups excluding carboxylic acids is 1. The molecule has 0 saturated carbocycles. The maximum absolute atomic E-state index is 11.7. The van der Waals surface area contributed by atoms with Crippen molar-refractivity contribution in [2.24, 2.45) is 5.92 Å². The van der Waals surface area contributed by atoms with E-state index in [4.69, 9.17) is 4.74 Å². The SMILES string of the molecule is C[C@@H]1OC(=O)[C@@H](CCCCCCCCCCCCCCCCCc2ccccc2)[C@@H]1O. The first-order valence-corrected chi connectivity index (χ1v) is 13.1. The van der Waals surface area contributed by atoms with E-state index >= 15 is 0 Å². The number of rotatable bonds is 18. The Morgan fingerprint density at radius 1 is 0.710 bits per heavy atom. The second-order valence-electron chi connectivity index (χ2n) is 9.57. The molecule has 1 heterocycles. The third kappa shape index (κ3) is 11.2. The molecule has 0 spiro atoms. The Hall–Kier alpha value is -1.35. The first kappa shape index (κ1) is 25.9. The number of esters is 1. The third-order valence-corrected chi connectivity index (χ3v) is 6.82. The minimum atomic E-state index is -0.605. The van der Waals surface area contributed by atoms with Gasteiger partial charge in [-0.25, -0.2) is 0 Å². The zero-order valence-corrected chi connectivity index (χ0v) is 19.9. The lowest BCUT2D eigenvalue weighted by Crippen LogP contribution is -2.24. The molecule has 31 heavy (non-hydrogen) atoms. The minimum absolute atomic E-state index is 0.206. The summed E-state index contributed by atoms with van der Waals surface area (Å²) in [7, 11) is 0. The number of aliphatic hydroxyl groups is 1. The fourth-order valence-corrected chi connectivity index (χ4v) is 4.73. The third-order valence-electron chi connectivity index (χ3n) is 6.82. The van der Waals surface area contributed by atoms with Gasteiger partial charge < -0.3 is 9.84 Å². The summed E-state index contributed by atoms with van der Waals surface area (Å²) >= 11 is 0. The molecule has 1 saturated heterocycles. The highest BCUT2D eigenvalue weighted by molar-refractivity contribution is 5.75. The zero-order chi connectivity index (χ0) is 22.2. The van der Waals surface area contributed by atoms with Crippen LogP contribution < -0.4 is 0 Å². The fourth-order valence-electron chi connectivity index (χ4n) is 4.73. The number of aliphatic hydroxyl groups excluding tert-OH is 1. The Bertz CT molecular complexity index is 571. The van der Waals surface area contributed by atoms with E-state index in [2.05, 4.69) is 30.3 Å². The number of aryl methyl sites for hydroxylation is 1. The molecule has 1 aromatic rings. The van der Waals surface area contributed by atoms with Crippen LogP contribution in [-0.2, 0) is 16.0 Å². The highest BCUT2D eigenvalue weighted by atomic mass is 16.6. The number of carbonyl (C=O) groups is 1. The molecular weight excluding hydrogens is 384 g/mol. The topological polar surface area (TPSA) is 46.5 Å². The van der Waals surface area contributed by atoms with E-state index in [0.29, 0.717) is 0 Å². The van der Waals surface area contributed by atoms with Crippen LogP contribution in [0.2, 0.25) is 0 Å². The van der Waals surface area contributed by atoms with E-state index in [-0.39, 0.29) is 18.0 Å². The highest BCUT2D eigenvalue weighted by Gasteiger charge is 2.40. The summed E-state index contributed by atoms with van der Waals surface area (Å²) in [6.45, 7) is 1.77. The molecule has 0 aromatic heterocycles. The average Bonchev–Trinajstić information content (AvgIpc) is 3.02. The van der Waals surface area contributed by atoms with Crippen LogP contribution in [0.5, 0.6) is 0 Å². The predicted octanol–water partition coefficient (Wildman–Crippen LogP) is 7.39. The number of ether oxygens (including phenoxy) is 1. The largest absolute Gasteiger partial charge is 0.460 e. The second kappa shape index (κ2) is 16.3. The molecule has 0 amide bonds. The summed E-state index contributed by atoms with van der Waals surface area (Å²) < 4.78 is 5.09. The van der Waals surface area contributed by atoms with Crippen molar-refractivity contribution in [3.63, 3.8) is 0 Å². The average molecular weight is 431 g/mol. The summed E-state index contributed by atoms with van der Waals surface area (Å²) in [4.78, 5) is 11.7. The van der Waals surface area contributed by atoms with Crippen molar-refractivity contribution in [1.29, 1.82) is 0 Å². The van der Waals surface area contributed by atoms with E-state index in [1.807, 2.05) is 0 Å².